The molecule has 0 aromatic heterocycles. The zero-order valence-electron chi connectivity index (χ0n) is 18.1. The Labute approximate surface area is 186 Å². The zero-order valence-corrected chi connectivity index (χ0v) is 19.0. The quantitative estimate of drug-likeness (QED) is 0.573. The van der Waals surface area contributed by atoms with Gasteiger partial charge in [0.1, 0.15) is 4.91 Å². The molecule has 7 heteroatoms. The Morgan fingerprint density at radius 2 is 1.84 bits per heavy atom. The van der Waals surface area contributed by atoms with Crippen LogP contribution in [0.1, 0.15) is 30.5 Å². The number of nitrogens with zero attached hydrogens (tertiary/aromatic N) is 1. The molecule has 0 atom stereocenters. The number of aliphatic carboxylic acids is 1. The molecular weight excluding hydrogens is 414 g/mol. The third kappa shape index (κ3) is 6.47. The van der Waals surface area contributed by atoms with E-state index in [0.29, 0.717) is 5.57 Å². The van der Waals surface area contributed by atoms with Gasteiger partial charge in [-0.25, -0.2) is 4.79 Å². The van der Waals surface area contributed by atoms with Crippen molar-refractivity contribution in [3.05, 3.63) is 69.5 Å². The fourth-order valence-corrected chi connectivity index (χ4v) is 3.63. The number of hydrogen-bond donors (Lipinski definition) is 2. The monoisotopic (exact) mass is 441 g/mol. The Hall–Kier alpha value is -3.03. The number of thioether (sulfide) groups is 1. The third-order valence-corrected chi connectivity index (χ3v) is 5.51. The highest BCUT2D eigenvalue weighted by Gasteiger charge is 2.14. The summed E-state index contributed by atoms with van der Waals surface area (Å²) in [7, 11) is 3.27. The molecule has 0 bridgehead atoms. The number of methoxy groups -OCH3 is 2. The van der Waals surface area contributed by atoms with Gasteiger partial charge in [-0.2, -0.15) is 0 Å². The zero-order chi connectivity index (χ0) is 23.0. The van der Waals surface area contributed by atoms with Gasteiger partial charge >= 0.3 is 5.97 Å². The number of rotatable bonds is 7. The SMILES string of the molecule is C=C(C)S/C(C(=O)O)=C(\C)c1cccc(CO)c1.COc1cc2c(cc1OC)N=CC2. The van der Waals surface area contributed by atoms with Crippen molar-refractivity contribution in [3.8, 4) is 11.5 Å². The van der Waals surface area contributed by atoms with Crippen LogP contribution in [0.4, 0.5) is 5.69 Å². The number of fused-ring (bicyclic) bond motifs is 1. The maximum atomic E-state index is 11.2. The minimum atomic E-state index is -0.963. The van der Waals surface area contributed by atoms with E-state index in [2.05, 4.69) is 11.6 Å². The molecular formula is C24H27NO5S. The number of aliphatic hydroxyl groups is 1. The summed E-state index contributed by atoms with van der Waals surface area (Å²) in [5.41, 5.74) is 4.41. The molecule has 3 rings (SSSR count). The molecule has 31 heavy (non-hydrogen) atoms. The van der Waals surface area contributed by atoms with E-state index in [-0.39, 0.29) is 11.5 Å². The van der Waals surface area contributed by atoms with E-state index in [0.717, 1.165) is 51.4 Å². The molecule has 0 aliphatic carbocycles. The van der Waals surface area contributed by atoms with Crippen LogP contribution in [0, 0.1) is 0 Å². The predicted molar refractivity (Wildman–Crippen MR) is 126 cm³/mol. The summed E-state index contributed by atoms with van der Waals surface area (Å²) in [6, 6.07) is 11.1. The van der Waals surface area contributed by atoms with Gasteiger partial charge < -0.3 is 19.7 Å². The highest BCUT2D eigenvalue weighted by molar-refractivity contribution is 8.07. The molecule has 1 aliphatic heterocycles. The Kier molecular flexibility index (Phi) is 8.90. The summed E-state index contributed by atoms with van der Waals surface area (Å²) >= 11 is 1.15. The fraction of sp³-hybridized carbons (Fsp3) is 0.250. The van der Waals surface area contributed by atoms with Crippen LogP contribution < -0.4 is 9.47 Å². The highest BCUT2D eigenvalue weighted by atomic mass is 32.2. The number of aliphatic imine (C=N–C) groups is 1. The van der Waals surface area contributed by atoms with Crippen LogP contribution in [-0.4, -0.2) is 36.6 Å². The highest BCUT2D eigenvalue weighted by Crippen LogP contribution is 2.36. The molecule has 1 heterocycles. The Bertz CT molecular complexity index is 1030. The minimum Gasteiger partial charge on any atom is -0.493 e. The van der Waals surface area contributed by atoms with Gasteiger partial charge in [0.05, 0.1) is 26.5 Å². The van der Waals surface area contributed by atoms with Gasteiger partial charge in [-0.3, -0.25) is 4.99 Å². The first kappa shape index (κ1) is 24.2. The van der Waals surface area contributed by atoms with E-state index in [4.69, 9.17) is 14.6 Å². The van der Waals surface area contributed by atoms with Gasteiger partial charge in [-0.15, -0.1) is 0 Å². The molecule has 2 aromatic rings. The van der Waals surface area contributed by atoms with Crippen LogP contribution >= 0.6 is 11.8 Å². The van der Waals surface area contributed by atoms with Crippen LogP contribution in [0.15, 0.2) is 57.8 Å². The molecule has 2 aromatic carbocycles. The van der Waals surface area contributed by atoms with Crippen molar-refractivity contribution in [1.29, 1.82) is 0 Å². The molecule has 0 saturated carbocycles. The third-order valence-electron chi connectivity index (χ3n) is 4.48. The van der Waals surface area contributed by atoms with E-state index in [1.807, 2.05) is 24.4 Å². The van der Waals surface area contributed by atoms with Crippen molar-refractivity contribution in [2.24, 2.45) is 4.99 Å². The van der Waals surface area contributed by atoms with Crippen molar-refractivity contribution in [2.45, 2.75) is 26.9 Å². The molecule has 1 aliphatic rings. The second kappa shape index (κ2) is 11.4. The fourth-order valence-electron chi connectivity index (χ4n) is 2.93. The molecule has 2 N–H and O–H groups in total. The van der Waals surface area contributed by atoms with Crippen LogP contribution in [0.3, 0.4) is 0 Å². The number of carboxylic acids is 1. The van der Waals surface area contributed by atoms with E-state index in [1.165, 1.54) is 5.56 Å². The lowest BCUT2D eigenvalue weighted by Crippen LogP contribution is -2.00. The average Bonchev–Trinajstić information content (AvgIpc) is 3.23. The predicted octanol–water partition coefficient (Wildman–Crippen LogP) is 5.22. The normalized spacial score (nSPS) is 12.3. The lowest BCUT2D eigenvalue weighted by molar-refractivity contribution is -0.131. The van der Waals surface area contributed by atoms with Crippen molar-refractivity contribution in [1.82, 2.24) is 0 Å². The number of allylic oxidation sites excluding steroid dienone is 2. The van der Waals surface area contributed by atoms with E-state index in [9.17, 15) is 9.90 Å². The number of hydrogen-bond acceptors (Lipinski definition) is 6. The summed E-state index contributed by atoms with van der Waals surface area (Å²) in [6.45, 7) is 7.18. The number of aliphatic hydroxyl groups excluding tert-OH is 1. The molecule has 0 radical (unpaired) electrons. The molecule has 0 saturated heterocycles. The second-order valence-corrected chi connectivity index (χ2v) is 8.08. The first-order chi connectivity index (χ1) is 14.8. The number of benzene rings is 2. The van der Waals surface area contributed by atoms with Crippen LogP contribution in [0.2, 0.25) is 0 Å². The Morgan fingerprint density at radius 1 is 1.16 bits per heavy atom. The maximum absolute atomic E-state index is 11.2. The Balaban J connectivity index is 0.000000231. The first-order valence-corrected chi connectivity index (χ1v) is 10.4. The lowest BCUT2D eigenvalue weighted by Gasteiger charge is -2.09. The van der Waals surface area contributed by atoms with Gasteiger partial charge in [-0.1, -0.05) is 36.5 Å². The summed E-state index contributed by atoms with van der Waals surface area (Å²) in [6.07, 6.45) is 2.78. The molecule has 6 nitrogen and oxygen atoms in total. The lowest BCUT2D eigenvalue weighted by atomic mass is 10.0. The summed E-state index contributed by atoms with van der Waals surface area (Å²) < 4.78 is 10.3. The van der Waals surface area contributed by atoms with Crippen LogP contribution in [0.25, 0.3) is 5.57 Å². The summed E-state index contributed by atoms with van der Waals surface area (Å²) in [5.74, 6) is 0.543. The van der Waals surface area contributed by atoms with Crippen LogP contribution in [0.5, 0.6) is 11.5 Å². The van der Waals surface area contributed by atoms with Crippen molar-refractivity contribution in [3.63, 3.8) is 0 Å². The minimum absolute atomic E-state index is 0.0584. The molecule has 0 spiro atoms. The largest absolute Gasteiger partial charge is 0.493 e. The molecule has 164 valence electrons. The second-order valence-electron chi connectivity index (χ2n) is 6.77. The topological polar surface area (TPSA) is 88.4 Å². The van der Waals surface area contributed by atoms with Crippen LogP contribution in [-0.2, 0) is 17.8 Å². The van der Waals surface area contributed by atoms with Crippen molar-refractivity contribution in [2.75, 3.05) is 14.2 Å². The van der Waals surface area contributed by atoms with E-state index < -0.39 is 5.97 Å². The van der Waals surface area contributed by atoms with Gasteiger partial charge in [0.15, 0.2) is 11.5 Å². The van der Waals surface area contributed by atoms with E-state index >= 15 is 0 Å². The average molecular weight is 442 g/mol. The maximum Gasteiger partial charge on any atom is 0.342 e. The number of carbonyl (C=O) groups is 1. The van der Waals surface area contributed by atoms with E-state index in [1.54, 1.807) is 46.3 Å². The molecule has 0 amide bonds. The van der Waals surface area contributed by atoms with Gasteiger partial charge in [0, 0.05) is 18.7 Å². The standard InChI is InChI=1S/C14H16O3S.C10H11NO2/c1-9(2)18-13(14(16)17)10(3)12-6-4-5-11(7-12)8-15;1-12-9-5-7-3-4-11-8(7)6-10(9)13-2/h4-7,15H,1,8H2,2-3H3,(H,16,17);4-6H,3H2,1-2H3/b13-10+;. The number of carboxylic acid groups (broad SMARTS) is 1. The van der Waals surface area contributed by atoms with Gasteiger partial charge in [0.2, 0.25) is 0 Å². The summed E-state index contributed by atoms with van der Waals surface area (Å²) in [4.78, 5) is 16.4. The number of ether oxygens (including phenoxy) is 2. The Morgan fingerprint density at radius 3 is 2.42 bits per heavy atom. The van der Waals surface area contributed by atoms with Gasteiger partial charge in [0.25, 0.3) is 0 Å². The van der Waals surface area contributed by atoms with Crippen molar-refractivity contribution < 1.29 is 24.5 Å². The molecule has 0 fully saturated rings. The molecule has 0 unspecified atom stereocenters. The first-order valence-electron chi connectivity index (χ1n) is 9.55. The smallest absolute Gasteiger partial charge is 0.342 e. The van der Waals surface area contributed by atoms with Crippen molar-refractivity contribution >= 4 is 35.2 Å². The van der Waals surface area contributed by atoms with Gasteiger partial charge in [-0.05, 0) is 53.1 Å². The summed E-state index contributed by atoms with van der Waals surface area (Å²) in [5, 5.41) is 18.3.